The lowest BCUT2D eigenvalue weighted by molar-refractivity contribution is 0.112. The monoisotopic (exact) mass is 275 g/mol. The fourth-order valence-corrected chi connectivity index (χ4v) is 3.08. The predicted octanol–water partition coefficient (Wildman–Crippen LogP) is 3.52. The quantitative estimate of drug-likeness (QED) is 0.744. The van der Waals surface area contributed by atoms with Gasteiger partial charge in [0.15, 0.2) is 0 Å². The number of methoxy groups -OCH3 is 1. The van der Waals surface area contributed by atoms with Gasteiger partial charge in [0.1, 0.15) is 12.0 Å². The number of nitrogens with zero attached hydrogens (tertiary/aromatic N) is 1. The van der Waals surface area contributed by atoms with Crippen molar-refractivity contribution in [3.63, 3.8) is 0 Å². The first-order chi connectivity index (χ1) is 9.76. The highest BCUT2D eigenvalue weighted by molar-refractivity contribution is 5.75. The van der Waals surface area contributed by atoms with Crippen molar-refractivity contribution >= 4 is 6.29 Å². The van der Waals surface area contributed by atoms with E-state index in [2.05, 4.69) is 11.8 Å². The second-order valence-corrected chi connectivity index (χ2v) is 5.70. The lowest BCUT2D eigenvalue weighted by Crippen LogP contribution is -2.33. The molecule has 0 aromatic heterocycles. The Morgan fingerprint density at radius 3 is 2.70 bits per heavy atom. The largest absolute Gasteiger partial charge is 0.496 e. The molecule has 3 nitrogen and oxygen atoms in total. The van der Waals surface area contributed by atoms with Crippen molar-refractivity contribution in [1.29, 1.82) is 0 Å². The normalized spacial score (nSPS) is 17.1. The maximum absolute atomic E-state index is 10.9. The summed E-state index contributed by atoms with van der Waals surface area (Å²) in [5.74, 6) is 1.78. The van der Waals surface area contributed by atoms with E-state index in [9.17, 15) is 4.79 Å². The Labute approximate surface area is 121 Å². The Bertz CT molecular complexity index is 437. The van der Waals surface area contributed by atoms with Crippen LogP contribution in [0.25, 0.3) is 0 Å². The smallest absolute Gasteiger partial charge is 0.150 e. The van der Waals surface area contributed by atoms with Crippen molar-refractivity contribution in [3.8, 4) is 5.75 Å². The summed E-state index contributed by atoms with van der Waals surface area (Å²) in [6.45, 7) is 5.45. The predicted molar refractivity (Wildman–Crippen MR) is 81.3 cm³/mol. The molecule has 0 bridgehead atoms. The third-order valence-electron chi connectivity index (χ3n) is 4.24. The highest BCUT2D eigenvalue weighted by Crippen LogP contribution is 2.26. The average Bonchev–Trinajstić information content (AvgIpc) is 2.49. The second kappa shape index (κ2) is 7.44. The van der Waals surface area contributed by atoms with E-state index in [0.717, 1.165) is 48.7 Å². The van der Waals surface area contributed by atoms with Crippen LogP contribution in [0.1, 0.15) is 48.5 Å². The molecule has 0 aliphatic carbocycles. The molecule has 0 spiro atoms. The van der Waals surface area contributed by atoms with Crippen molar-refractivity contribution in [2.45, 2.75) is 39.2 Å². The maximum atomic E-state index is 10.9. The number of carbonyl (C=O) groups excluding carboxylic acids is 1. The molecule has 1 saturated heterocycles. The van der Waals surface area contributed by atoms with Crippen LogP contribution in [-0.2, 0) is 6.54 Å². The van der Waals surface area contributed by atoms with Gasteiger partial charge < -0.3 is 4.74 Å². The van der Waals surface area contributed by atoms with Crippen molar-refractivity contribution in [1.82, 2.24) is 4.90 Å². The van der Waals surface area contributed by atoms with Gasteiger partial charge in [-0.05, 0) is 50.0 Å². The van der Waals surface area contributed by atoms with E-state index in [1.165, 1.54) is 25.7 Å². The number of piperidine rings is 1. The first-order valence-corrected chi connectivity index (χ1v) is 7.61. The van der Waals surface area contributed by atoms with E-state index in [1.807, 2.05) is 18.2 Å². The fraction of sp³-hybridized carbons (Fsp3) is 0.588. The van der Waals surface area contributed by atoms with Gasteiger partial charge in [-0.3, -0.25) is 9.69 Å². The molecule has 1 heterocycles. The molecule has 1 aromatic rings. The van der Waals surface area contributed by atoms with Crippen LogP contribution < -0.4 is 4.74 Å². The maximum Gasteiger partial charge on any atom is 0.150 e. The van der Waals surface area contributed by atoms with E-state index in [0.29, 0.717) is 0 Å². The highest BCUT2D eigenvalue weighted by Gasteiger charge is 2.19. The van der Waals surface area contributed by atoms with Gasteiger partial charge in [-0.25, -0.2) is 0 Å². The number of benzene rings is 1. The van der Waals surface area contributed by atoms with Crippen molar-refractivity contribution in [2.75, 3.05) is 20.2 Å². The molecule has 1 aromatic carbocycles. The van der Waals surface area contributed by atoms with Crippen LogP contribution in [0.5, 0.6) is 5.75 Å². The molecule has 1 aliphatic heterocycles. The summed E-state index contributed by atoms with van der Waals surface area (Å²) >= 11 is 0. The van der Waals surface area contributed by atoms with E-state index >= 15 is 0 Å². The van der Waals surface area contributed by atoms with E-state index in [1.54, 1.807) is 7.11 Å². The van der Waals surface area contributed by atoms with Crippen LogP contribution in [0.4, 0.5) is 0 Å². The molecule has 20 heavy (non-hydrogen) atoms. The first-order valence-electron chi connectivity index (χ1n) is 7.61. The first kappa shape index (κ1) is 15.0. The van der Waals surface area contributed by atoms with Crippen LogP contribution in [0.15, 0.2) is 18.2 Å². The SMILES string of the molecule is CCCC1CCN(Cc2cc(C=O)ccc2OC)CC1. The zero-order chi connectivity index (χ0) is 14.4. The Balaban J connectivity index is 1.98. The Kier molecular flexibility index (Phi) is 5.60. The zero-order valence-electron chi connectivity index (χ0n) is 12.6. The molecular weight excluding hydrogens is 250 g/mol. The van der Waals surface area contributed by atoms with Gasteiger partial charge in [-0.15, -0.1) is 0 Å². The van der Waals surface area contributed by atoms with Gasteiger partial charge in [0.25, 0.3) is 0 Å². The molecule has 0 amide bonds. The molecular formula is C17H25NO2. The molecule has 0 N–H and O–H groups in total. The Hall–Kier alpha value is -1.35. The number of aldehydes is 1. The number of likely N-dealkylation sites (tertiary alicyclic amines) is 1. The van der Waals surface area contributed by atoms with Crippen molar-refractivity contribution < 1.29 is 9.53 Å². The molecule has 110 valence electrons. The Morgan fingerprint density at radius 1 is 1.35 bits per heavy atom. The third kappa shape index (κ3) is 3.83. The zero-order valence-corrected chi connectivity index (χ0v) is 12.6. The minimum absolute atomic E-state index is 0.724. The second-order valence-electron chi connectivity index (χ2n) is 5.70. The molecule has 1 aliphatic rings. The van der Waals surface area contributed by atoms with Gasteiger partial charge in [-0.1, -0.05) is 19.8 Å². The number of ether oxygens (including phenoxy) is 1. The summed E-state index contributed by atoms with van der Waals surface area (Å²) in [5, 5.41) is 0. The van der Waals surface area contributed by atoms with Gasteiger partial charge >= 0.3 is 0 Å². The number of hydrogen-bond acceptors (Lipinski definition) is 3. The van der Waals surface area contributed by atoms with Crippen LogP contribution in [-0.4, -0.2) is 31.4 Å². The van der Waals surface area contributed by atoms with Crippen LogP contribution >= 0.6 is 0 Å². The molecule has 2 rings (SSSR count). The standard InChI is InChI=1S/C17H25NO2/c1-3-4-14-7-9-18(10-8-14)12-16-11-15(13-19)5-6-17(16)20-2/h5-6,11,13-14H,3-4,7-10,12H2,1-2H3. The molecule has 0 saturated carbocycles. The third-order valence-corrected chi connectivity index (χ3v) is 4.24. The molecule has 0 radical (unpaired) electrons. The van der Waals surface area contributed by atoms with Gasteiger partial charge in [-0.2, -0.15) is 0 Å². The van der Waals surface area contributed by atoms with Crippen molar-refractivity contribution in [2.24, 2.45) is 5.92 Å². The molecule has 0 atom stereocenters. The summed E-state index contributed by atoms with van der Waals surface area (Å²) in [7, 11) is 1.69. The average molecular weight is 275 g/mol. The van der Waals surface area contributed by atoms with Gasteiger partial charge in [0, 0.05) is 17.7 Å². The van der Waals surface area contributed by atoms with Gasteiger partial charge in [0.2, 0.25) is 0 Å². The fourth-order valence-electron chi connectivity index (χ4n) is 3.08. The van der Waals surface area contributed by atoms with Crippen molar-refractivity contribution in [3.05, 3.63) is 29.3 Å². The van der Waals surface area contributed by atoms with Gasteiger partial charge in [0.05, 0.1) is 7.11 Å². The van der Waals surface area contributed by atoms with E-state index in [4.69, 9.17) is 4.74 Å². The number of rotatable bonds is 6. The molecule has 3 heteroatoms. The van der Waals surface area contributed by atoms with Crippen LogP contribution in [0, 0.1) is 5.92 Å². The Morgan fingerprint density at radius 2 is 2.10 bits per heavy atom. The lowest BCUT2D eigenvalue weighted by atomic mass is 9.92. The molecule has 1 fully saturated rings. The number of carbonyl (C=O) groups is 1. The summed E-state index contributed by atoms with van der Waals surface area (Å²) in [6.07, 6.45) is 6.14. The number of hydrogen-bond donors (Lipinski definition) is 0. The lowest BCUT2D eigenvalue weighted by Gasteiger charge is -2.32. The molecule has 0 unspecified atom stereocenters. The summed E-state index contributed by atoms with van der Waals surface area (Å²) in [6, 6.07) is 5.65. The van der Waals surface area contributed by atoms with Crippen LogP contribution in [0.3, 0.4) is 0 Å². The minimum atomic E-state index is 0.724. The summed E-state index contributed by atoms with van der Waals surface area (Å²) in [4.78, 5) is 13.4. The summed E-state index contributed by atoms with van der Waals surface area (Å²) in [5.41, 5.74) is 1.84. The topological polar surface area (TPSA) is 29.5 Å². The van der Waals surface area contributed by atoms with E-state index in [-0.39, 0.29) is 0 Å². The van der Waals surface area contributed by atoms with E-state index < -0.39 is 0 Å². The minimum Gasteiger partial charge on any atom is -0.496 e. The van der Waals surface area contributed by atoms with Crippen LogP contribution in [0.2, 0.25) is 0 Å². The highest BCUT2D eigenvalue weighted by atomic mass is 16.5. The summed E-state index contributed by atoms with van der Waals surface area (Å²) < 4.78 is 5.40.